The van der Waals surface area contributed by atoms with Gasteiger partial charge < -0.3 is 15.2 Å². The zero-order chi connectivity index (χ0) is 18.0. The maximum absolute atomic E-state index is 11.8. The Hall–Kier alpha value is -3.53. The Kier molecular flexibility index (Phi) is 4.27. The fraction of sp³-hybridized carbons (Fsp3) is 0.167. The number of nitrogens with two attached hydrogens (primary N) is 1. The number of aromatic nitrogens is 2. The lowest BCUT2D eigenvalue weighted by Crippen LogP contribution is -2.02. The number of nitrogen functional groups attached to an aromatic ring is 1. The van der Waals surface area contributed by atoms with Gasteiger partial charge in [0.15, 0.2) is 0 Å². The number of anilines is 1. The summed E-state index contributed by atoms with van der Waals surface area (Å²) in [7, 11) is 1.31. The van der Waals surface area contributed by atoms with Gasteiger partial charge in [0.2, 0.25) is 0 Å². The lowest BCUT2D eigenvalue weighted by atomic mass is 10.0. The highest BCUT2D eigenvalue weighted by Crippen LogP contribution is 2.33. The van der Waals surface area contributed by atoms with E-state index in [2.05, 4.69) is 16.3 Å². The quantitative estimate of drug-likeness (QED) is 0.559. The monoisotopic (exact) mass is 336 g/mol. The number of fused-ring (bicyclic) bond motifs is 1. The number of hydrogen-bond donors (Lipinski definition) is 2. The van der Waals surface area contributed by atoms with Crippen molar-refractivity contribution in [2.75, 3.05) is 19.5 Å². The second-order valence-corrected chi connectivity index (χ2v) is 5.35. The molecule has 0 bridgehead atoms. The number of nitriles is 1. The highest BCUT2D eigenvalue weighted by atomic mass is 16.5. The minimum atomic E-state index is -0.477. The highest BCUT2D eigenvalue weighted by molar-refractivity contribution is 5.98. The lowest BCUT2D eigenvalue weighted by Gasteiger charge is -2.07. The van der Waals surface area contributed by atoms with Gasteiger partial charge in [-0.25, -0.2) is 4.79 Å². The average Bonchev–Trinajstić information content (AvgIpc) is 3.02. The first kappa shape index (κ1) is 16.3. The van der Waals surface area contributed by atoms with Crippen LogP contribution in [0.2, 0.25) is 0 Å². The van der Waals surface area contributed by atoms with Gasteiger partial charge in [-0.1, -0.05) is 0 Å². The van der Waals surface area contributed by atoms with E-state index in [1.54, 1.807) is 30.3 Å². The van der Waals surface area contributed by atoms with Crippen LogP contribution in [0.15, 0.2) is 30.3 Å². The number of rotatable bonds is 4. The minimum Gasteiger partial charge on any atom is -0.492 e. The number of methoxy groups -OCH3 is 1. The standard InChI is InChI=1S/C18H16N4O3/c1-3-25-16-8-14-15(7-12(16)9-19)21-22-17(14)10-4-11(18(23)24-2)6-13(20)5-10/h4-8H,3,20H2,1-2H3,(H,21,22). The Bertz CT molecular complexity index is 1000. The minimum absolute atomic E-state index is 0.340. The van der Waals surface area contributed by atoms with Crippen molar-refractivity contribution < 1.29 is 14.3 Å². The van der Waals surface area contributed by atoms with E-state index in [4.69, 9.17) is 15.2 Å². The van der Waals surface area contributed by atoms with Crippen LogP contribution in [-0.2, 0) is 4.74 Å². The van der Waals surface area contributed by atoms with Crippen molar-refractivity contribution in [3.63, 3.8) is 0 Å². The first-order valence-electron chi connectivity index (χ1n) is 7.61. The summed E-state index contributed by atoms with van der Waals surface area (Å²) in [6.45, 7) is 2.29. The predicted octanol–water partition coefficient (Wildman–Crippen LogP) is 2.87. The Morgan fingerprint density at radius 2 is 2.12 bits per heavy atom. The molecule has 0 spiro atoms. The van der Waals surface area contributed by atoms with Gasteiger partial charge >= 0.3 is 5.97 Å². The van der Waals surface area contributed by atoms with E-state index in [1.807, 2.05) is 6.92 Å². The van der Waals surface area contributed by atoms with Crippen LogP contribution in [-0.4, -0.2) is 29.9 Å². The summed E-state index contributed by atoms with van der Waals surface area (Å²) in [4.78, 5) is 11.8. The lowest BCUT2D eigenvalue weighted by molar-refractivity contribution is 0.0601. The maximum Gasteiger partial charge on any atom is 0.337 e. The zero-order valence-electron chi connectivity index (χ0n) is 13.8. The van der Waals surface area contributed by atoms with Crippen molar-refractivity contribution >= 4 is 22.6 Å². The van der Waals surface area contributed by atoms with Gasteiger partial charge in [0, 0.05) is 16.6 Å². The van der Waals surface area contributed by atoms with Crippen LogP contribution in [0.25, 0.3) is 22.2 Å². The van der Waals surface area contributed by atoms with E-state index < -0.39 is 5.97 Å². The largest absolute Gasteiger partial charge is 0.492 e. The molecule has 1 aromatic heterocycles. The number of carbonyl (C=O) groups excluding carboxylic acids is 1. The molecule has 1 heterocycles. The number of esters is 1. The molecule has 0 aliphatic carbocycles. The first-order chi connectivity index (χ1) is 12.1. The van der Waals surface area contributed by atoms with Crippen molar-refractivity contribution in [2.45, 2.75) is 6.92 Å². The fourth-order valence-electron chi connectivity index (χ4n) is 2.65. The summed E-state index contributed by atoms with van der Waals surface area (Å²) < 4.78 is 10.3. The normalized spacial score (nSPS) is 10.4. The summed E-state index contributed by atoms with van der Waals surface area (Å²) in [6, 6.07) is 10.5. The van der Waals surface area contributed by atoms with E-state index in [1.165, 1.54) is 7.11 Å². The zero-order valence-corrected chi connectivity index (χ0v) is 13.8. The van der Waals surface area contributed by atoms with Gasteiger partial charge in [-0.3, -0.25) is 5.10 Å². The molecule has 0 unspecified atom stereocenters. The summed E-state index contributed by atoms with van der Waals surface area (Å²) >= 11 is 0. The molecule has 3 aromatic rings. The van der Waals surface area contributed by atoms with E-state index in [0.29, 0.717) is 45.9 Å². The molecule has 7 heteroatoms. The summed E-state index contributed by atoms with van der Waals surface area (Å²) in [5.41, 5.74) is 9.07. The Balaban J connectivity index is 2.20. The van der Waals surface area contributed by atoms with Crippen LogP contribution in [0.1, 0.15) is 22.8 Å². The van der Waals surface area contributed by atoms with Crippen molar-refractivity contribution in [2.24, 2.45) is 0 Å². The molecule has 3 N–H and O–H groups in total. The van der Waals surface area contributed by atoms with Crippen LogP contribution in [0.5, 0.6) is 5.75 Å². The molecular weight excluding hydrogens is 320 g/mol. The van der Waals surface area contributed by atoms with Gasteiger partial charge in [-0.15, -0.1) is 0 Å². The summed E-state index contributed by atoms with van der Waals surface area (Å²) in [5.74, 6) is 0.00686. The van der Waals surface area contributed by atoms with Gasteiger partial charge in [-0.2, -0.15) is 10.4 Å². The SMILES string of the molecule is CCOc1cc2c(-c3cc(N)cc(C(=O)OC)c3)n[nH]c2cc1C#N. The predicted molar refractivity (Wildman–Crippen MR) is 93.2 cm³/mol. The number of benzene rings is 2. The number of nitrogens with zero attached hydrogens (tertiary/aromatic N) is 2. The third kappa shape index (κ3) is 2.97. The Morgan fingerprint density at radius 1 is 1.32 bits per heavy atom. The Labute approximate surface area is 144 Å². The molecule has 0 saturated heterocycles. The van der Waals surface area contributed by atoms with Gasteiger partial charge in [0.25, 0.3) is 0 Å². The number of hydrogen-bond acceptors (Lipinski definition) is 6. The molecule has 2 aromatic carbocycles. The molecule has 0 amide bonds. The van der Waals surface area contributed by atoms with Crippen LogP contribution < -0.4 is 10.5 Å². The molecular formula is C18H16N4O3. The van der Waals surface area contributed by atoms with Gasteiger partial charge in [0.05, 0.1) is 30.4 Å². The summed E-state index contributed by atoms with van der Waals surface area (Å²) in [5, 5.41) is 17.2. The molecule has 0 radical (unpaired) electrons. The number of ether oxygens (including phenoxy) is 2. The highest BCUT2D eigenvalue weighted by Gasteiger charge is 2.16. The molecule has 0 fully saturated rings. The van der Waals surface area contributed by atoms with Crippen LogP contribution in [0, 0.1) is 11.3 Å². The number of H-pyrrole nitrogens is 1. The van der Waals surface area contributed by atoms with Gasteiger partial charge in [0.1, 0.15) is 17.5 Å². The number of carbonyl (C=O) groups is 1. The van der Waals surface area contributed by atoms with Crippen LogP contribution in [0.3, 0.4) is 0 Å². The topological polar surface area (TPSA) is 114 Å². The van der Waals surface area contributed by atoms with Crippen molar-refractivity contribution in [1.82, 2.24) is 10.2 Å². The second-order valence-electron chi connectivity index (χ2n) is 5.35. The number of aromatic amines is 1. The van der Waals surface area contributed by atoms with E-state index >= 15 is 0 Å². The third-order valence-electron chi connectivity index (χ3n) is 3.73. The molecule has 126 valence electrons. The first-order valence-corrected chi connectivity index (χ1v) is 7.61. The maximum atomic E-state index is 11.8. The van der Waals surface area contributed by atoms with Gasteiger partial charge in [-0.05, 0) is 37.3 Å². The molecule has 25 heavy (non-hydrogen) atoms. The van der Waals surface area contributed by atoms with Crippen molar-refractivity contribution in [1.29, 1.82) is 5.26 Å². The van der Waals surface area contributed by atoms with Crippen LogP contribution >= 0.6 is 0 Å². The third-order valence-corrected chi connectivity index (χ3v) is 3.73. The van der Waals surface area contributed by atoms with E-state index in [0.717, 1.165) is 5.39 Å². The Morgan fingerprint density at radius 3 is 2.80 bits per heavy atom. The molecule has 0 aliphatic rings. The molecule has 3 rings (SSSR count). The molecule has 0 aliphatic heterocycles. The van der Waals surface area contributed by atoms with Crippen molar-refractivity contribution in [3.8, 4) is 23.1 Å². The number of nitrogens with one attached hydrogen (secondary N) is 1. The van der Waals surface area contributed by atoms with Crippen LogP contribution in [0.4, 0.5) is 5.69 Å². The molecule has 0 atom stereocenters. The molecule has 7 nitrogen and oxygen atoms in total. The van der Waals surface area contributed by atoms with Crippen molar-refractivity contribution in [3.05, 3.63) is 41.5 Å². The molecule has 0 saturated carbocycles. The van der Waals surface area contributed by atoms with E-state index in [9.17, 15) is 10.1 Å². The fourth-order valence-corrected chi connectivity index (χ4v) is 2.65. The second kappa shape index (κ2) is 6.53. The smallest absolute Gasteiger partial charge is 0.337 e. The van der Waals surface area contributed by atoms with E-state index in [-0.39, 0.29) is 0 Å². The average molecular weight is 336 g/mol. The summed E-state index contributed by atoms with van der Waals surface area (Å²) in [6.07, 6.45) is 0.